The van der Waals surface area contributed by atoms with Gasteiger partial charge in [0.25, 0.3) is 0 Å². The van der Waals surface area contributed by atoms with Crippen LogP contribution in [0, 0.1) is 35.8 Å². The van der Waals surface area contributed by atoms with Gasteiger partial charge in [0.1, 0.15) is 0 Å². The van der Waals surface area contributed by atoms with Gasteiger partial charge < -0.3 is 0 Å². The first-order valence-electron chi connectivity index (χ1n) is 10.2. The smallest absolute Gasteiger partial charge is 0 e. The Labute approximate surface area is 187 Å². The Kier molecular flexibility index (Phi) is 4.57. The molecule has 3 aromatic carbocycles. The van der Waals surface area contributed by atoms with E-state index in [2.05, 4.69) is 72.8 Å². The Balaban J connectivity index is 0.00000160. The van der Waals surface area contributed by atoms with Gasteiger partial charge in [0.2, 0.25) is 0 Å². The van der Waals surface area contributed by atoms with Gasteiger partial charge in [0.15, 0.2) is 0 Å². The molecule has 4 fully saturated rings. The van der Waals surface area contributed by atoms with Crippen LogP contribution < -0.4 is 0 Å². The van der Waals surface area contributed by atoms with E-state index in [9.17, 15) is 0 Å². The SMILES string of the molecule is [Y].[c-]1ccccc1C1(c2[c-]c3ccccc3cc2)C2CC3CC(C2)CC1C3. The van der Waals surface area contributed by atoms with Crippen LogP contribution in [0.3, 0.4) is 0 Å². The summed E-state index contributed by atoms with van der Waals surface area (Å²) >= 11 is 0. The van der Waals surface area contributed by atoms with Crippen molar-refractivity contribution >= 4 is 10.8 Å². The normalized spacial score (nSPS) is 33.8. The quantitative estimate of drug-likeness (QED) is 0.430. The Morgan fingerprint density at radius 2 is 1.41 bits per heavy atom. The van der Waals surface area contributed by atoms with E-state index in [0.717, 1.165) is 23.7 Å². The molecule has 27 heavy (non-hydrogen) atoms. The summed E-state index contributed by atoms with van der Waals surface area (Å²) in [6.45, 7) is 0. The molecule has 1 heteroatoms. The van der Waals surface area contributed by atoms with Gasteiger partial charge in [-0.15, -0.1) is 46.7 Å². The van der Waals surface area contributed by atoms with E-state index in [4.69, 9.17) is 0 Å². The first-order valence-corrected chi connectivity index (χ1v) is 10.2. The average molecular weight is 425 g/mol. The second-order valence-electron chi connectivity index (χ2n) is 8.91. The Hall–Kier alpha value is -0.976. The molecule has 0 heterocycles. The maximum atomic E-state index is 3.87. The van der Waals surface area contributed by atoms with E-state index in [1.54, 1.807) is 0 Å². The molecule has 0 nitrogen and oxygen atoms in total. The molecule has 1 radical (unpaired) electrons. The van der Waals surface area contributed by atoms with Crippen LogP contribution >= 0.6 is 0 Å². The van der Waals surface area contributed by atoms with Crippen molar-refractivity contribution in [2.75, 3.05) is 0 Å². The van der Waals surface area contributed by atoms with Crippen molar-refractivity contribution in [2.24, 2.45) is 23.7 Å². The largest absolute Gasteiger partial charge is 0.180 e. The van der Waals surface area contributed by atoms with Crippen molar-refractivity contribution < 1.29 is 32.7 Å². The molecule has 0 spiro atoms. The molecule has 0 saturated heterocycles. The Morgan fingerprint density at radius 1 is 0.704 bits per heavy atom. The predicted molar refractivity (Wildman–Crippen MR) is 106 cm³/mol. The maximum Gasteiger partial charge on any atom is 0 e. The number of fused-ring (bicyclic) bond motifs is 1. The van der Waals surface area contributed by atoms with E-state index in [0.29, 0.717) is 0 Å². The van der Waals surface area contributed by atoms with Crippen molar-refractivity contribution in [2.45, 2.75) is 37.5 Å². The zero-order valence-corrected chi connectivity index (χ0v) is 18.5. The molecule has 4 saturated carbocycles. The zero-order chi connectivity index (χ0) is 17.1. The molecular formula is C26H24Y-2. The summed E-state index contributed by atoms with van der Waals surface area (Å²) in [6.07, 6.45) is 7.09. The van der Waals surface area contributed by atoms with Crippen molar-refractivity contribution in [3.63, 3.8) is 0 Å². The number of hydrogen-bond acceptors (Lipinski definition) is 0. The summed E-state index contributed by atoms with van der Waals surface area (Å²) in [6, 6.07) is 29.7. The maximum absolute atomic E-state index is 3.87. The van der Waals surface area contributed by atoms with E-state index >= 15 is 0 Å². The predicted octanol–water partition coefficient (Wildman–Crippen LogP) is 6.18. The fourth-order valence-electron chi connectivity index (χ4n) is 6.96. The van der Waals surface area contributed by atoms with Gasteiger partial charge in [-0.25, -0.2) is 0 Å². The number of rotatable bonds is 2. The number of benzene rings is 3. The van der Waals surface area contributed by atoms with E-state index < -0.39 is 0 Å². The molecule has 3 aromatic rings. The van der Waals surface area contributed by atoms with Gasteiger partial charge >= 0.3 is 0 Å². The molecule has 133 valence electrons. The minimum absolute atomic E-state index is 0. The van der Waals surface area contributed by atoms with Crippen molar-refractivity contribution in [1.82, 2.24) is 0 Å². The van der Waals surface area contributed by atoms with Crippen LogP contribution in [0.1, 0.15) is 43.2 Å². The molecule has 0 amide bonds. The minimum atomic E-state index is 0. The van der Waals surface area contributed by atoms with Crippen molar-refractivity contribution in [3.8, 4) is 0 Å². The summed E-state index contributed by atoms with van der Waals surface area (Å²) in [7, 11) is 0. The van der Waals surface area contributed by atoms with Gasteiger partial charge in [-0.2, -0.15) is 35.9 Å². The van der Waals surface area contributed by atoms with Crippen molar-refractivity contribution in [1.29, 1.82) is 0 Å². The monoisotopic (exact) mass is 425 g/mol. The third-order valence-corrected chi connectivity index (χ3v) is 7.69. The fraction of sp³-hybridized carbons (Fsp3) is 0.385. The second-order valence-corrected chi connectivity index (χ2v) is 8.91. The van der Waals surface area contributed by atoms with Gasteiger partial charge in [-0.3, -0.25) is 0 Å². The third kappa shape index (κ3) is 2.63. The summed E-state index contributed by atoms with van der Waals surface area (Å²) in [5, 5.41) is 2.56. The minimum Gasteiger partial charge on any atom is -0.180 e. The summed E-state index contributed by atoms with van der Waals surface area (Å²) in [5.74, 6) is 3.45. The first kappa shape index (κ1) is 18.1. The van der Waals surface area contributed by atoms with E-state index in [-0.39, 0.29) is 38.1 Å². The van der Waals surface area contributed by atoms with Gasteiger partial charge in [0, 0.05) is 32.7 Å². The standard InChI is InChI=1S/C26H24.Y/c1-2-8-22(9-3-1)26(23-11-10-20-6-4-5-7-21(20)17-23)24-13-18-12-19(15-24)16-25(26)14-18;/h1-8,10-11,18-19,24-25H,12-16H2;/q-2;. The Bertz CT molecular complexity index is 930. The molecule has 0 unspecified atom stereocenters. The molecular weight excluding hydrogens is 401 g/mol. The van der Waals surface area contributed by atoms with Crippen LogP contribution in [0.15, 0.2) is 60.7 Å². The molecule has 0 aromatic heterocycles. The molecule has 0 atom stereocenters. The van der Waals surface area contributed by atoms with Gasteiger partial charge in [-0.05, 0) is 61.2 Å². The summed E-state index contributed by atoms with van der Waals surface area (Å²) in [4.78, 5) is 0. The molecule has 4 aliphatic rings. The second kappa shape index (κ2) is 6.82. The summed E-state index contributed by atoms with van der Waals surface area (Å²) < 4.78 is 0. The van der Waals surface area contributed by atoms with Crippen LogP contribution in [0.5, 0.6) is 0 Å². The topological polar surface area (TPSA) is 0 Å². The van der Waals surface area contributed by atoms with Crippen LogP contribution in [-0.4, -0.2) is 0 Å². The van der Waals surface area contributed by atoms with Gasteiger partial charge in [-0.1, -0.05) is 12.1 Å². The number of hydrogen-bond donors (Lipinski definition) is 0. The molecule has 0 N–H and O–H groups in total. The fourth-order valence-corrected chi connectivity index (χ4v) is 6.96. The molecule has 0 aliphatic heterocycles. The van der Waals surface area contributed by atoms with E-state index in [1.807, 2.05) is 0 Å². The zero-order valence-electron chi connectivity index (χ0n) is 15.7. The molecule has 4 aliphatic carbocycles. The molecule has 4 bridgehead atoms. The van der Waals surface area contributed by atoms with Crippen LogP contribution in [0.4, 0.5) is 0 Å². The first-order chi connectivity index (χ1) is 12.8. The van der Waals surface area contributed by atoms with Crippen molar-refractivity contribution in [3.05, 3.63) is 83.9 Å². The Morgan fingerprint density at radius 3 is 2.11 bits per heavy atom. The summed E-state index contributed by atoms with van der Waals surface area (Å²) in [5.41, 5.74) is 2.96. The third-order valence-electron chi connectivity index (χ3n) is 7.69. The average Bonchev–Trinajstić information content (AvgIpc) is 2.68. The van der Waals surface area contributed by atoms with E-state index in [1.165, 1.54) is 54.0 Å². The van der Waals surface area contributed by atoms with Crippen LogP contribution in [0.2, 0.25) is 0 Å². The van der Waals surface area contributed by atoms with Crippen LogP contribution in [-0.2, 0) is 38.1 Å². The molecule has 7 rings (SSSR count). The van der Waals surface area contributed by atoms with Gasteiger partial charge in [0.05, 0.1) is 0 Å². The van der Waals surface area contributed by atoms with Crippen LogP contribution in [0.25, 0.3) is 10.8 Å².